The van der Waals surface area contributed by atoms with E-state index in [2.05, 4.69) is 20.5 Å². The second-order valence-corrected chi connectivity index (χ2v) is 7.74. The predicted octanol–water partition coefficient (Wildman–Crippen LogP) is 3.86. The molecule has 2 aromatic carbocycles. The van der Waals surface area contributed by atoms with E-state index in [0.29, 0.717) is 40.2 Å². The highest BCUT2D eigenvalue weighted by Crippen LogP contribution is 2.30. The van der Waals surface area contributed by atoms with Gasteiger partial charge in [-0.2, -0.15) is 5.10 Å². The number of nitrogens with one attached hydrogen (secondary N) is 1. The van der Waals surface area contributed by atoms with Gasteiger partial charge in [0.2, 0.25) is 0 Å². The Labute approximate surface area is 184 Å². The average Bonchev–Trinajstić information content (AvgIpc) is 2.87. The highest BCUT2D eigenvalue weighted by atomic mass is 35.5. The molecule has 0 saturated heterocycles. The number of rotatable bonds is 6. The number of halogens is 2. The van der Waals surface area contributed by atoms with Crippen LogP contribution in [0.5, 0.6) is 0 Å². The number of nitrogens with zero attached hydrogens (tertiary/aromatic N) is 4. The summed E-state index contributed by atoms with van der Waals surface area (Å²) >= 11 is 12.6. The third-order valence-corrected chi connectivity index (χ3v) is 4.91. The molecule has 30 heavy (non-hydrogen) atoms. The first-order chi connectivity index (χ1) is 14.3. The molecular formula is C21H21Cl2N5O2. The van der Waals surface area contributed by atoms with Crippen molar-refractivity contribution in [3.63, 3.8) is 0 Å². The number of fused-ring (bicyclic) bond motifs is 1. The Balaban J connectivity index is 1.96. The van der Waals surface area contributed by atoms with Gasteiger partial charge in [-0.15, -0.1) is 0 Å². The fraction of sp³-hybridized carbons (Fsp3) is 0.238. The van der Waals surface area contributed by atoms with Crippen molar-refractivity contribution in [2.75, 3.05) is 27.2 Å². The minimum absolute atomic E-state index is 0.0160. The van der Waals surface area contributed by atoms with Gasteiger partial charge >= 0.3 is 5.97 Å². The van der Waals surface area contributed by atoms with E-state index < -0.39 is 5.97 Å². The van der Waals surface area contributed by atoms with Crippen LogP contribution in [0.4, 0.5) is 5.69 Å². The molecule has 0 saturated carbocycles. The minimum Gasteiger partial charge on any atom is -0.477 e. The Hall–Kier alpha value is -2.74. The molecule has 9 heteroatoms. The molecule has 1 aliphatic heterocycles. The Bertz CT molecular complexity index is 1050. The lowest BCUT2D eigenvalue weighted by Crippen LogP contribution is -2.27. The molecule has 3 rings (SSSR count). The van der Waals surface area contributed by atoms with E-state index in [4.69, 9.17) is 23.2 Å². The molecule has 0 bridgehead atoms. The summed E-state index contributed by atoms with van der Waals surface area (Å²) in [6.45, 7) is 0.742. The maximum Gasteiger partial charge on any atom is 0.352 e. The minimum atomic E-state index is -1.08. The molecule has 0 amide bonds. The summed E-state index contributed by atoms with van der Waals surface area (Å²) in [5.41, 5.74) is 5.59. The molecule has 7 nitrogen and oxygen atoms in total. The summed E-state index contributed by atoms with van der Waals surface area (Å²) in [4.78, 5) is 22.6. The number of carboxylic acid groups (broad SMARTS) is 1. The lowest BCUT2D eigenvalue weighted by molar-refractivity contribution is -0.129. The van der Waals surface area contributed by atoms with Gasteiger partial charge in [-0.25, -0.2) is 9.79 Å². The van der Waals surface area contributed by atoms with Crippen LogP contribution in [0.2, 0.25) is 10.0 Å². The molecule has 0 spiro atoms. The Morgan fingerprint density at radius 1 is 1.20 bits per heavy atom. The van der Waals surface area contributed by atoms with Crippen molar-refractivity contribution < 1.29 is 9.90 Å². The van der Waals surface area contributed by atoms with Crippen molar-refractivity contribution in [3.05, 3.63) is 63.6 Å². The van der Waals surface area contributed by atoms with Gasteiger partial charge in [-0.3, -0.25) is 10.4 Å². The summed E-state index contributed by atoms with van der Waals surface area (Å²) in [5, 5.41) is 14.6. The smallest absolute Gasteiger partial charge is 0.352 e. The average molecular weight is 446 g/mol. The Morgan fingerprint density at radius 2 is 1.97 bits per heavy atom. The van der Waals surface area contributed by atoms with Crippen LogP contribution >= 0.6 is 23.2 Å². The van der Waals surface area contributed by atoms with Gasteiger partial charge in [-0.1, -0.05) is 41.4 Å². The largest absolute Gasteiger partial charge is 0.477 e. The zero-order chi connectivity index (χ0) is 21.7. The first kappa shape index (κ1) is 22.0. The fourth-order valence-electron chi connectivity index (χ4n) is 2.83. The van der Waals surface area contributed by atoms with Crippen LogP contribution in [0.1, 0.15) is 17.5 Å². The first-order valence-electron chi connectivity index (χ1n) is 9.22. The first-order valence-corrected chi connectivity index (χ1v) is 9.98. The number of hydrogen-bond donors (Lipinski definition) is 2. The van der Waals surface area contributed by atoms with Crippen LogP contribution in [0.25, 0.3) is 0 Å². The molecule has 0 fully saturated rings. The van der Waals surface area contributed by atoms with Gasteiger partial charge in [0.15, 0.2) is 0 Å². The van der Waals surface area contributed by atoms with E-state index in [1.54, 1.807) is 24.3 Å². The number of amidine groups is 1. The molecular weight excluding hydrogens is 425 g/mol. The van der Waals surface area contributed by atoms with Gasteiger partial charge in [0.05, 0.1) is 17.9 Å². The van der Waals surface area contributed by atoms with Crippen molar-refractivity contribution in [2.45, 2.75) is 6.42 Å². The molecule has 156 valence electrons. The third-order valence-electron chi connectivity index (χ3n) is 4.35. The topological polar surface area (TPSA) is 89.6 Å². The molecule has 0 aromatic heterocycles. The summed E-state index contributed by atoms with van der Waals surface area (Å²) in [7, 11) is 3.74. The second-order valence-electron chi connectivity index (χ2n) is 6.89. The number of carboxylic acids is 1. The molecule has 0 radical (unpaired) electrons. The highest BCUT2D eigenvalue weighted by molar-refractivity contribution is 6.37. The lowest BCUT2D eigenvalue weighted by Gasteiger charge is -2.10. The van der Waals surface area contributed by atoms with Crippen molar-refractivity contribution >= 4 is 52.1 Å². The fourth-order valence-corrected chi connectivity index (χ4v) is 3.23. The number of carbonyl (C=O) groups is 1. The van der Waals surface area contributed by atoms with Gasteiger partial charge in [0.25, 0.3) is 0 Å². The maximum absolute atomic E-state index is 11.5. The SMILES string of the molecule is CN(C)CC/C(=N/NC1=Nc2ccc(Cl)cc2C(c2ccccc2Cl)=NC1)C(=O)O. The van der Waals surface area contributed by atoms with Crippen LogP contribution in [0.3, 0.4) is 0 Å². The van der Waals surface area contributed by atoms with Crippen molar-refractivity contribution in [3.8, 4) is 0 Å². The van der Waals surface area contributed by atoms with Crippen molar-refractivity contribution in [1.29, 1.82) is 0 Å². The lowest BCUT2D eigenvalue weighted by atomic mass is 10.0. The molecule has 0 atom stereocenters. The number of benzene rings is 2. The molecule has 0 aliphatic carbocycles. The molecule has 2 aromatic rings. The van der Waals surface area contributed by atoms with Crippen LogP contribution in [0, 0.1) is 0 Å². The van der Waals surface area contributed by atoms with Crippen LogP contribution < -0.4 is 5.43 Å². The van der Waals surface area contributed by atoms with Gasteiger partial charge in [0.1, 0.15) is 11.5 Å². The monoisotopic (exact) mass is 445 g/mol. The Morgan fingerprint density at radius 3 is 2.67 bits per heavy atom. The summed E-state index contributed by atoms with van der Waals surface area (Å²) in [5.74, 6) is -0.657. The summed E-state index contributed by atoms with van der Waals surface area (Å²) < 4.78 is 0. The molecule has 1 heterocycles. The molecule has 2 N–H and O–H groups in total. The third kappa shape index (κ3) is 5.44. The van der Waals surface area contributed by atoms with E-state index in [0.717, 1.165) is 11.1 Å². The predicted molar refractivity (Wildman–Crippen MR) is 122 cm³/mol. The zero-order valence-corrected chi connectivity index (χ0v) is 18.1. The highest BCUT2D eigenvalue weighted by Gasteiger charge is 2.19. The number of hydrogen-bond acceptors (Lipinski definition) is 6. The standard InChI is InChI=1S/C21H21Cl2N5O2/c1-28(2)10-9-18(21(29)30)26-27-19-12-24-20(14-5-3-4-6-16(14)23)15-11-13(22)7-8-17(15)25-19/h3-8,11H,9-10,12H2,1-2H3,(H,25,27)(H,29,30)/b26-18-. The number of aliphatic carboxylic acids is 1. The van der Waals surface area contributed by atoms with Gasteiger partial charge in [0, 0.05) is 34.1 Å². The summed E-state index contributed by atoms with van der Waals surface area (Å²) in [6.07, 6.45) is 0.295. The van der Waals surface area contributed by atoms with Gasteiger partial charge < -0.3 is 10.0 Å². The van der Waals surface area contributed by atoms with Crippen molar-refractivity contribution in [2.24, 2.45) is 15.1 Å². The van der Waals surface area contributed by atoms with Crippen LogP contribution in [-0.2, 0) is 4.79 Å². The van der Waals surface area contributed by atoms with E-state index >= 15 is 0 Å². The zero-order valence-electron chi connectivity index (χ0n) is 16.6. The maximum atomic E-state index is 11.5. The quantitative estimate of drug-likeness (QED) is 0.521. The summed E-state index contributed by atoms with van der Waals surface area (Å²) in [6, 6.07) is 12.7. The second kappa shape index (κ2) is 9.84. The molecule has 1 aliphatic rings. The van der Waals surface area contributed by atoms with Gasteiger partial charge in [-0.05, 0) is 38.4 Å². The normalized spacial score (nSPS) is 14.0. The van der Waals surface area contributed by atoms with Crippen LogP contribution in [0.15, 0.2) is 57.6 Å². The number of aliphatic imine (C=N–C) groups is 2. The Kier molecular flexibility index (Phi) is 7.20. The number of hydrazone groups is 1. The van der Waals surface area contributed by atoms with E-state index in [-0.39, 0.29) is 12.3 Å². The molecule has 0 unspecified atom stereocenters. The van der Waals surface area contributed by atoms with Crippen molar-refractivity contribution in [1.82, 2.24) is 10.3 Å². The van der Waals surface area contributed by atoms with E-state index in [1.165, 1.54) is 0 Å². The van der Waals surface area contributed by atoms with E-state index in [9.17, 15) is 9.90 Å². The van der Waals surface area contributed by atoms with Crippen LogP contribution in [-0.4, -0.2) is 60.4 Å². The van der Waals surface area contributed by atoms with E-state index in [1.807, 2.05) is 37.2 Å².